The molecule has 3 aliphatic heterocycles. The number of rotatable bonds is 29. The number of carboxylic acids is 1. The normalized spacial score (nSPS) is 19.4. The van der Waals surface area contributed by atoms with Gasteiger partial charge >= 0.3 is 5.97 Å². The van der Waals surface area contributed by atoms with E-state index < -0.39 is 163 Å². The third kappa shape index (κ3) is 19.8. The minimum Gasteiger partial charge on any atom is -0.480 e. The summed E-state index contributed by atoms with van der Waals surface area (Å²) < 4.78 is 0. The van der Waals surface area contributed by atoms with Crippen LogP contribution in [0.5, 0.6) is 0 Å². The maximum Gasteiger partial charge on any atom is 0.322 e. The van der Waals surface area contributed by atoms with Crippen molar-refractivity contribution in [2.45, 2.75) is 166 Å². The van der Waals surface area contributed by atoms with Crippen LogP contribution in [-0.4, -0.2) is 202 Å². The summed E-state index contributed by atoms with van der Waals surface area (Å²) in [5, 5.41) is 39.1. The number of likely N-dealkylation sites (tertiary alicyclic amines) is 3. The van der Waals surface area contributed by atoms with Gasteiger partial charge in [0.2, 0.25) is 70.9 Å². The second-order valence-corrected chi connectivity index (χ2v) is 21.5. The molecule has 3 fully saturated rings. The number of aliphatic hydroxyl groups excluding tert-OH is 1. The zero-order chi connectivity index (χ0) is 60.2. The number of aliphatic hydroxyl groups is 1. The zero-order valence-corrected chi connectivity index (χ0v) is 46.8. The van der Waals surface area contributed by atoms with Gasteiger partial charge < -0.3 is 78.9 Å². The van der Waals surface area contributed by atoms with E-state index in [2.05, 4.69) is 42.5 Å². The van der Waals surface area contributed by atoms with Gasteiger partial charge in [0, 0.05) is 26.1 Å². The molecule has 0 aliphatic carbocycles. The Morgan fingerprint density at radius 2 is 1.06 bits per heavy atom. The van der Waals surface area contributed by atoms with E-state index in [-0.39, 0.29) is 70.0 Å². The van der Waals surface area contributed by atoms with Gasteiger partial charge in [0.25, 0.3) is 0 Å². The topological polar surface area (TPSA) is 420 Å². The second-order valence-electron chi connectivity index (χ2n) is 21.5. The third-order valence-corrected chi connectivity index (χ3v) is 14.0. The number of hydrogen-bond acceptors (Lipinski definition) is 15. The maximum absolute atomic E-state index is 14.4. The summed E-state index contributed by atoms with van der Waals surface area (Å²) in [6.07, 6.45) is 0.0224. The van der Waals surface area contributed by atoms with Crippen LogP contribution in [0.3, 0.4) is 0 Å². The number of nitrogens with two attached hydrogens (primary N) is 2. The Bertz CT molecular complexity index is 2460. The van der Waals surface area contributed by atoms with Crippen molar-refractivity contribution in [1.29, 1.82) is 0 Å². The molecule has 0 aromatic heterocycles. The number of carbonyl (C=O) groups is 13. The molecular weight excluding hydrogens is 1060 g/mol. The smallest absolute Gasteiger partial charge is 0.322 e. The molecule has 28 nitrogen and oxygen atoms in total. The number of nitrogens with one attached hydrogen (secondary N) is 8. The van der Waals surface area contributed by atoms with Crippen molar-refractivity contribution in [1.82, 2.24) is 57.2 Å². The van der Waals surface area contributed by atoms with Crippen LogP contribution in [0.4, 0.5) is 0 Å². The lowest BCUT2D eigenvalue weighted by Gasteiger charge is -2.32. The Labute approximate surface area is 470 Å². The van der Waals surface area contributed by atoms with Crippen LogP contribution in [-0.2, 0) is 68.7 Å². The Morgan fingerprint density at radius 3 is 1.58 bits per heavy atom. The van der Waals surface area contributed by atoms with Crippen LogP contribution in [0.25, 0.3) is 0 Å². The molecule has 4 rings (SSSR count). The van der Waals surface area contributed by atoms with Crippen molar-refractivity contribution in [3.63, 3.8) is 0 Å². The molecule has 14 N–H and O–H groups in total. The molecule has 3 heterocycles. The minimum atomic E-state index is -1.64. The van der Waals surface area contributed by atoms with Crippen molar-refractivity contribution in [2.75, 3.05) is 39.3 Å². The first-order valence-electron chi connectivity index (χ1n) is 27.4. The molecule has 10 atom stereocenters. The predicted molar refractivity (Wildman–Crippen MR) is 289 cm³/mol. The lowest BCUT2D eigenvalue weighted by molar-refractivity contribution is -0.145. The molecular formula is C53H81N13O15. The Kier molecular flexibility index (Phi) is 25.4. The molecule has 0 radical (unpaired) electrons. The second kappa shape index (κ2) is 31.3. The van der Waals surface area contributed by atoms with Crippen molar-refractivity contribution in [3.05, 3.63) is 35.9 Å². The molecule has 448 valence electrons. The highest BCUT2D eigenvalue weighted by Gasteiger charge is 2.44. The molecule has 0 saturated carbocycles. The molecule has 1 aromatic carbocycles. The summed E-state index contributed by atoms with van der Waals surface area (Å²) in [6, 6.07) is -2.25. The third-order valence-electron chi connectivity index (χ3n) is 14.0. The minimum absolute atomic E-state index is 0.0438. The number of hydrogen-bond donors (Lipinski definition) is 12. The van der Waals surface area contributed by atoms with Crippen LogP contribution in [0.15, 0.2) is 30.3 Å². The molecule has 0 spiro atoms. The predicted octanol–water partition coefficient (Wildman–Crippen LogP) is -4.25. The van der Waals surface area contributed by atoms with Crippen molar-refractivity contribution in [3.8, 4) is 0 Å². The number of primary amides is 1. The Hall–Kier alpha value is -7.75. The standard InChI is InChI=1S/C53H81N13O15/c1-28(2)21-33(60-50(78)44(31(6)67)63-41(69)25-54)45(73)56-26-42(70)59-34(24-40(55)68)46(74)61-35(22-29(3)4)52(80)66-20-12-16-38(66)48(76)58-30(5)51(79)64-18-11-17-39(64)49(77)62-36(23-32-13-8-7-9-14-32)53(81)65-19-10-15-37(65)47(75)57-27-43(71)72/h7-9,13-14,28-31,33-39,44,67H,10-12,15-27,54H2,1-6H3,(H2,55,68)(H,56,73)(H,57,75)(H,58,76)(H,59,70)(H,60,78)(H,61,74)(H,62,77)(H,63,69)(H,71,72)/t30-,31+,33-,34-,35-,36-,37-,38-,39-,44-/m0/s1. The number of carboxylic acid groups (broad SMARTS) is 1. The fraction of sp³-hybridized carbons (Fsp3) is 0.642. The summed E-state index contributed by atoms with van der Waals surface area (Å²) in [6.45, 7) is 8.32. The fourth-order valence-corrected chi connectivity index (χ4v) is 10.0. The van der Waals surface area contributed by atoms with Crippen molar-refractivity contribution in [2.24, 2.45) is 23.3 Å². The summed E-state index contributed by atoms with van der Waals surface area (Å²) in [5.41, 5.74) is 11.5. The lowest BCUT2D eigenvalue weighted by Crippen LogP contribution is -2.60. The van der Waals surface area contributed by atoms with E-state index in [0.717, 1.165) is 0 Å². The highest BCUT2D eigenvalue weighted by atomic mass is 16.4. The summed E-state index contributed by atoms with van der Waals surface area (Å²) in [5.74, 6) is -10.8. The molecule has 28 heteroatoms. The van der Waals surface area contributed by atoms with E-state index in [0.29, 0.717) is 24.8 Å². The highest BCUT2D eigenvalue weighted by molar-refractivity contribution is 6.00. The van der Waals surface area contributed by atoms with Crippen LogP contribution in [0, 0.1) is 11.8 Å². The van der Waals surface area contributed by atoms with E-state index in [4.69, 9.17) is 16.6 Å². The largest absolute Gasteiger partial charge is 0.480 e. The van der Waals surface area contributed by atoms with E-state index in [9.17, 15) is 67.4 Å². The molecule has 0 unspecified atom stereocenters. The monoisotopic (exact) mass is 1140 g/mol. The Balaban J connectivity index is 1.41. The zero-order valence-electron chi connectivity index (χ0n) is 46.8. The lowest BCUT2D eigenvalue weighted by atomic mass is 10.0. The highest BCUT2D eigenvalue weighted by Crippen LogP contribution is 2.24. The first-order chi connectivity index (χ1) is 38.2. The maximum atomic E-state index is 14.4. The van der Waals surface area contributed by atoms with E-state index >= 15 is 0 Å². The van der Waals surface area contributed by atoms with Gasteiger partial charge in [0.15, 0.2) is 0 Å². The molecule has 0 bridgehead atoms. The average Bonchev–Trinajstić information content (AvgIpc) is 4.33. The summed E-state index contributed by atoms with van der Waals surface area (Å²) in [4.78, 5) is 176. The van der Waals surface area contributed by atoms with Gasteiger partial charge in [-0.3, -0.25) is 62.3 Å². The van der Waals surface area contributed by atoms with Crippen molar-refractivity contribution < 1.29 is 72.5 Å². The molecule has 3 aliphatic rings. The number of benzene rings is 1. The SMILES string of the molecule is CC(C)C[C@H](NC(=O)[C@@H](NC(=O)CN)[C@@H](C)O)C(=O)NCC(=O)N[C@@H](CC(N)=O)C(=O)N[C@@H](CC(C)C)C(=O)N1CCC[C@H]1C(=O)N[C@@H](C)C(=O)N1CCC[C@H]1C(=O)N[C@@H](Cc1ccccc1)C(=O)N1CCC[C@H]1C(=O)NCC(=O)O. The Morgan fingerprint density at radius 1 is 0.556 bits per heavy atom. The van der Waals surface area contributed by atoms with Crippen LogP contribution < -0.4 is 54.0 Å². The van der Waals surface area contributed by atoms with E-state index in [1.165, 1.54) is 28.5 Å². The van der Waals surface area contributed by atoms with Gasteiger partial charge in [-0.1, -0.05) is 58.0 Å². The number of aliphatic carboxylic acids is 1. The van der Waals surface area contributed by atoms with Gasteiger partial charge in [-0.25, -0.2) is 0 Å². The average molecular weight is 1140 g/mol. The van der Waals surface area contributed by atoms with Crippen LogP contribution in [0.2, 0.25) is 0 Å². The van der Waals surface area contributed by atoms with Gasteiger partial charge in [0.1, 0.15) is 60.9 Å². The van der Waals surface area contributed by atoms with Crippen molar-refractivity contribution >= 4 is 76.9 Å². The van der Waals surface area contributed by atoms with E-state index in [1.807, 2.05) is 0 Å². The van der Waals surface area contributed by atoms with Crippen LogP contribution in [0.1, 0.15) is 105 Å². The molecule has 12 amide bonds. The number of nitrogens with zero attached hydrogens (tertiary/aromatic N) is 3. The number of amides is 12. The number of carbonyl (C=O) groups excluding carboxylic acids is 12. The molecule has 3 saturated heterocycles. The summed E-state index contributed by atoms with van der Waals surface area (Å²) in [7, 11) is 0. The van der Waals surface area contributed by atoms with Gasteiger partial charge in [-0.05, 0) is 82.6 Å². The van der Waals surface area contributed by atoms with Gasteiger partial charge in [0.05, 0.1) is 25.6 Å². The quantitative estimate of drug-likeness (QED) is 0.0362. The van der Waals surface area contributed by atoms with Crippen LogP contribution >= 0.6 is 0 Å². The fourth-order valence-electron chi connectivity index (χ4n) is 10.0. The summed E-state index contributed by atoms with van der Waals surface area (Å²) >= 11 is 0. The van der Waals surface area contributed by atoms with Gasteiger partial charge in [-0.2, -0.15) is 0 Å². The molecule has 1 aromatic rings. The first kappa shape index (κ1) is 65.8. The first-order valence-corrected chi connectivity index (χ1v) is 27.4. The van der Waals surface area contributed by atoms with E-state index in [1.54, 1.807) is 58.0 Å². The van der Waals surface area contributed by atoms with Gasteiger partial charge in [-0.15, -0.1) is 0 Å². The molecule has 81 heavy (non-hydrogen) atoms.